The molecule has 1 fully saturated rings. The van der Waals surface area contributed by atoms with Crippen LogP contribution in [0.5, 0.6) is 0 Å². The second kappa shape index (κ2) is 8.78. The molecule has 0 spiro atoms. The highest BCUT2D eigenvalue weighted by Gasteiger charge is 2.74. The van der Waals surface area contributed by atoms with E-state index in [0.717, 1.165) is 11.1 Å². The average Bonchev–Trinajstić information content (AvgIpc) is 2.89. The number of aryl methyl sites for hydroxylation is 1. The van der Waals surface area contributed by atoms with Crippen molar-refractivity contribution in [1.29, 1.82) is 0 Å². The van der Waals surface area contributed by atoms with Crippen molar-refractivity contribution in [2.45, 2.75) is 23.7 Å². The minimum atomic E-state index is -3.91. The third kappa shape index (κ3) is 3.27. The van der Waals surface area contributed by atoms with Gasteiger partial charge >= 0.3 is 11.9 Å². The van der Waals surface area contributed by atoms with Crippen molar-refractivity contribution in [3.05, 3.63) is 95.6 Å². The van der Waals surface area contributed by atoms with Gasteiger partial charge in [-0.05, 0) is 42.2 Å². The van der Waals surface area contributed by atoms with Crippen molar-refractivity contribution in [3.8, 4) is 0 Å². The van der Waals surface area contributed by atoms with E-state index in [1.54, 1.807) is 48.5 Å². The van der Waals surface area contributed by atoms with Gasteiger partial charge in [0.05, 0.1) is 24.8 Å². The Morgan fingerprint density at radius 2 is 1.42 bits per heavy atom. The van der Waals surface area contributed by atoms with Gasteiger partial charge in [-0.3, -0.25) is 13.9 Å². The van der Waals surface area contributed by atoms with Crippen LogP contribution in [0.4, 0.5) is 5.69 Å². The zero-order valence-electron chi connectivity index (χ0n) is 20.2. The Labute approximate surface area is 210 Å². The quantitative estimate of drug-likeness (QED) is 0.384. The first-order valence-electron chi connectivity index (χ1n) is 11.7. The summed E-state index contributed by atoms with van der Waals surface area (Å²) in [6, 6.07) is 23.0. The fourth-order valence-corrected chi connectivity index (χ4v) is 7.59. The van der Waals surface area contributed by atoms with E-state index in [1.807, 2.05) is 37.3 Å². The predicted octanol–water partition coefficient (Wildman–Crippen LogP) is 4.03. The van der Waals surface area contributed by atoms with Gasteiger partial charge in [0.25, 0.3) is 10.0 Å². The molecule has 1 aliphatic carbocycles. The molecular weight excluding hydrogens is 478 g/mol. The number of rotatable bonds is 5. The van der Waals surface area contributed by atoms with Crippen molar-refractivity contribution in [3.63, 3.8) is 0 Å². The molecule has 5 rings (SSSR count). The molecule has 186 valence electrons. The molecule has 0 unspecified atom stereocenters. The first kappa shape index (κ1) is 24.1. The molecule has 3 atom stereocenters. The monoisotopic (exact) mass is 505 g/mol. The van der Waals surface area contributed by atoms with Crippen molar-refractivity contribution in [2.24, 2.45) is 11.3 Å². The summed E-state index contributed by atoms with van der Waals surface area (Å²) in [5.74, 6) is -2.97. The normalized spacial score (nSPS) is 22.0. The average molecular weight is 506 g/mol. The maximum Gasteiger partial charge on any atom is 0.324 e. The molecule has 0 aromatic heterocycles. The zero-order valence-corrected chi connectivity index (χ0v) is 21.1. The largest absolute Gasteiger partial charge is 0.468 e. The number of para-hydroxylation sites is 1. The van der Waals surface area contributed by atoms with Crippen LogP contribution in [0.15, 0.2) is 83.8 Å². The molecule has 0 bridgehead atoms. The van der Waals surface area contributed by atoms with E-state index in [0.29, 0.717) is 11.3 Å². The molecule has 0 saturated heterocycles. The van der Waals surface area contributed by atoms with Gasteiger partial charge in [-0.15, -0.1) is 0 Å². The number of esters is 2. The third-order valence-corrected chi connectivity index (χ3v) is 9.36. The standard InChI is InChI=1S/C28H27NO6S/c1-18-13-15-20(16-14-18)36(32,33)29-17-22-24(19-9-5-4-6-10-19)28(26(30)34-2,27(31)35-3)25(22)21-11-7-8-12-23(21)29/h4-16,22,24-25H,17H2,1-3H3/t22-,24-,25-/m1/s1. The van der Waals surface area contributed by atoms with Gasteiger partial charge in [0.2, 0.25) is 0 Å². The van der Waals surface area contributed by atoms with Crippen molar-refractivity contribution >= 4 is 27.6 Å². The lowest BCUT2D eigenvalue weighted by Crippen LogP contribution is -2.67. The second-order valence-corrected chi connectivity index (χ2v) is 11.2. The number of fused-ring (bicyclic) bond motifs is 3. The molecule has 1 aliphatic heterocycles. The topological polar surface area (TPSA) is 90.0 Å². The second-order valence-electron chi connectivity index (χ2n) is 9.29. The Bertz CT molecular complexity index is 1400. The lowest BCUT2D eigenvalue weighted by Gasteiger charge is -2.61. The first-order valence-corrected chi connectivity index (χ1v) is 13.1. The lowest BCUT2D eigenvalue weighted by atomic mass is 9.42. The number of hydrogen-bond donors (Lipinski definition) is 0. The van der Waals surface area contributed by atoms with Crippen LogP contribution >= 0.6 is 0 Å². The van der Waals surface area contributed by atoms with Gasteiger partial charge in [0.1, 0.15) is 0 Å². The number of benzene rings is 3. The summed E-state index contributed by atoms with van der Waals surface area (Å²) in [5, 5.41) is 0. The lowest BCUT2D eigenvalue weighted by molar-refractivity contribution is -0.188. The molecule has 3 aromatic rings. The number of carbonyl (C=O) groups is 2. The summed E-state index contributed by atoms with van der Waals surface area (Å²) in [6.45, 7) is 2.00. The van der Waals surface area contributed by atoms with Crippen molar-refractivity contribution in [1.82, 2.24) is 0 Å². The van der Waals surface area contributed by atoms with Crippen LogP contribution in [0, 0.1) is 18.3 Å². The first-order chi connectivity index (χ1) is 17.3. The van der Waals surface area contributed by atoms with E-state index in [-0.39, 0.29) is 17.4 Å². The minimum absolute atomic E-state index is 0.104. The Morgan fingerprint density at radius 3 is 2.03 bits per heavy atom. The summed E-state index contributed by atoms with van der Waals surface area (Å²) >= 11 is 0. The van der Waals surface area contributed by atoms with E-state index in [4.69, 9.17) is 9.47 Å². The molecule has 0 amide bonds. The van der Waals surface area contributed by atoms with E-state index in [2.05, 4.69) is 0 Å². The van der Waals surface area contributed by atoms with Crippen LogP contribution in [-0.4, -0.2) is 41.1 Å². The van der Waals surface area contributed by atoms with Crippen LogP contribution in [-0.2, 0) is 29.1 Å². The van der Waals surface area contributed by atoms with Gasteiger partial charge in [0, 0.05) is 18.4 Å². The summed E-state index contributed by atoms with van der Waals surface area (Å²) in [5.41, 5.74) is 1.12. The fraction of sp³-hybridized carbons (Fsp3) is 0.286. The Kier molecular flexibility index (Phi) is 5.87. The smallest absolute Gasteiger partial charge is 0.324 e. The summed E-state index contributed by atoms with van der Waals surface area (Å²) < 4.78 is 39.5. The SMILES string of the molecule is COC(=O)C1(C(=O)OC)[C@H](c2ccccc2)[C@H]2CN(S(=O)(=O)c3ccc(C)cc3)c3ccccc3[C@H]21. The maximum atomic E-state index is 13.9. The number of anilines is 1. The fourth-order valence-electron chi connectivity index (χ4n) is 6.06. The van der Waals surface area contributed by atoms with Gasteiger partial charge in [-0.2, -0.15) is 0 Å². The van der Waals surface area contributed by atoms with E-state index >= 15 is 0 Å². The van der Waals surface area contributed by atoms with Gasteiger partial charge in [-0.25, -0.2) is 8.42 Å². The highest BCUT2D eigenvalue weighted by atomic mass is 32.2. The summed E-state index contributed by atoms with van der Waals surface area (Å²) in [7, 11) is -1.40. The molecule has 1 heterocycles. The number of nitrogens with zero attached hydrogens (tertiary/aromatic N) is 1. The van der Waals surface area contributed by atoms with Crippen LogP contribution in [0.25, 0.3) is 0 Å². The number of ether oxygens (including phenoxy) is 2. The Morgan fingerprint density at radius 1 is 0.833 bits per heavy atom. The summed E-state index contributed by atoms with van der Waals surface area (Å²) in [6.07, 6.45) is 0. The van der Waals surface area contributed by atoms with Crippen LogP contribution < -0.4 is 4.31 Å². The highest BCUT2D eigenvalue weighted by Crippen LogP contribution is 2.69. The van der Waals surface area contributed by atoms with E-state index in [1.165, 1.54) is 18.5 Å². The molecule has 3 aromatic carbocycles. The molecule has 36 heavy (non-hydrogen) atoms. The molecular formula is C28H27NO6S. The van der Waals surface area contributed by atoms with Gasteiger partial charge in [-0.1, -0.05) is 66.2 Å². The molecule has 8 heteroatoms. The van der Waals surface area contributed by atoms with E-state index in [9.17, 15) is 18.0 Å². The number of carbonyl (C=O) groups excluding carboxylic acids is 2. The molecule has 1 saturated carbocycles. The predicted molar refractivity (Wildman–Crippen MR) is 134 cm³/mol. The molecule has 0 radical (unpaired) electrons. The third-order valence-electron chi connectivity index (χ3n) is 7.57. The molecule has 0 N–H and O–H groups in total. The molecule has 2 aliphatic rings. The number of hydrogen-bond acceptors (Lipinski definition) is 6. The highest BCUT2D eigenvalue weighted by molar-refractivity contribution is 7.92. The van der Waals surface area contributed by atoms with Crippen LogP contribution in [0.1, 0.15) is 28.5 Å². The Hall–Kier alpha value is -3.65. The molecule has 7 nitrogen and oxygen atoms in total. The number of sulfonamides is 1. The van der Waals surface area contributed by atoms with Crippen molar-refractivity contribution in [2.75, 3.05) is 25.1 Å². The van der Waals surface area contributed by atoms with Gasteiger partial charge in [0.15, 0.2) is 5.41 Å². The van der Waals surface area contributed by atoms with E-state index < -0.39 is 39.2 Å². The maximum absolute atomic E-state index is 13.9. The van der Waals surface area contributed by atoms with Crippen LogP contribution in [0.3, 0.4) is 0 Å². The Balaban J connectivity index is 1.73. The summed E-state index contributed by atoms with van der Waals surface area (Å²) in [4.78, 5) is 27.1. The van der Waals surface area contributed by atoms with Crippen LogP contribution in [0.2, 0.25) is 0 Å². The minimum Gasteiger partial charge on any atom is -0.468 e. The van der Waals surface area contributed by atoms with Gasteiger partial charge < -0.3 is 9.47 Å². The number of methoxy groups -OCH3 is 2. The van der Waals surface area contributed by atoms with Crippen molar-refractivity contribution < 1.29 is 27.5 Å². The zero-order chi connectivity index (χ0) is 25.7.